The summed E-state index contributed by atoms with van der Waals surface area (Å²) in [6.07, 6.45) is -3.81. The topological polar surface area (TPSA) is 82.1 Å². The number of esters is 2. The molecule has 1 atom stereocenters. The second-order valence-corrected chi connectivity index (χ2v) is 9.27. The lowest BCUT2D eigenvalue weighted by atomic mass is 9.90. The fraction of sp³-hybridized carbons (Fsp3) is 0.840. The van der Waals surface area contributed by atoms with Gasteiger partial charge >= 0.3 is 35.6 Å². The maximum absolute atomic E-state index is 14.4. The Balaban J connectivity index is 5.39. The molecule has 39 heavy (non-hydrogen) atoms. The number of rotatable bonds is 22. The Hall–Kier alpha value is -1.96. The summed E-state index contributed by atoms with van der Waals surface area (Å²) in [5, 5.41) is 8.60. The van der Waals surface area contributed by atoms with Crippen molar-refractivity contribution < 1.29 is 64.0 Å². The van der Waals surface area contributed by atoms with Crippen LogP contribution in [0.2, 0.25) is 0 Å². The highest BCUT2D eigenvalue weighted by Crippen LogP contribution is 2.55. The minimum Gasteiger partial charge on any atom is -0.465 e. The number of alkyl halides is 8. The van der Waals surface area contributed by atoms with E-state index in [0.717, 1.165) is 0 Å². The van der Waals surface area contributed by atoms with Crippen LogP contribution in [0, 0.1) is 5.92 Å². The molecule has 0 aliphatic heterocycles. The highest BCUT2D eigenvalue weighted by atomic mass is 19.4. The number of carbonyl (C=O) groups excluding carboxylic acids is 2. The largest absolute Gasteiger partial charge is 0.465 e. The number of ether oxygens (including phenoxy) is 3. The van der Waals surface area contributed by atoms with Gasteiger partial charge in [0.2, 0.25) is 0 Å². The summed E-state index contributed by atoms with van der Waals surface area (Å²) in [7, 11) is 0. The Morgan fingerprint density at radius 3 is 1.90 bits per heavy atom. The van der Waals surface area contributed by atoms with Crippen LogP contribution < -0.4 is 0 Å². The average Bonchev–Trinajstić information content (AvgIpc) is 2.85. The number of unbranched alkanes of at least 4 members (excludes halogenated alkanes) is 4. The third-order valence-electron chi connectivity index (χ3n) is 5.74. The normalized spacial score (nSPS) is 13.7. The molecular weight excluding hydrogens is 548 g/mol. The average molecular weight is 587 g/mol. The van der Waals surface area contributed by atoms with Gasteiger partial charge in [-0.05, 0) is 19.8 Å². The molecule has 0 aromatic rings. The number of hydrogen-bond acceptors (Lipinski definition) is 6. The van der Waals surface area contributed by atoms with E-state index in [0.29, 0.717) is 19.3 Å². The Morgan fingerprint density at radius 1 is 0.821 bits per heavy atom. The molecular formula is C25H38F8O6. The fourth-order valence-electron chi connectivity index (χ4n) is 3.25. The van der Waals surface area contributed by atoms with E-state index in [1.54, 1.807) is 6.92 Å². The van der Waals surface area contributed by atoms with Crippen LogP contribution >= 0.6 is 0 Å². The summed E-state index contributed by atoms with van der Waals surface area (Å²) in [6.45, 7) is 4.35. The first-order valence-electron chi connectivity index (χ1n) is 12.6. The summed E-state index contributed by atoms with van der Waals surface area (Å²) >= 11 is 0. The first-order chi connectivity index (χ1) is 18.0. The standard InChI is InChI=1S/C25H38F8O6/c1-4-5-6-7-8-11-22(26,27)24(30,31)25(32,33)23(28,29)12-9-19(17-39-21(36)18(2)3)16-38-20(35)10-14-37-15-13-34/h19,34H,2,4-17H2,1,3H3. The quantitative estimate of drug-likeness (QED) is 0.0690. The molecule has 0 spiro atoms. The Kier molecular flexibility index (Phi) is 16.1. The highest BCUT2D eigenvalue weighted by molar-refractivity contribution is 5.86. The first kappa shape index (κ1) is 37.0. The summed E-state index contributed by atoms with van der Waals surface area (Å²) in [5.41, 5.74) is -0.0970. The lowest BCUT2D eigenvalue weighted by molar-refractivity contribution is -0.368. The maximum atomic E-state index is 14.4. The van der Waals surface area contributed by atoms with E-state index >= 15 is 0 Å². The van der Waals surface area contributed by atoms with Crippen molar-refractivity contribution in [1.29, 1.82) is 0 Å². The van der Waals surface area contributed by atoms with Gasteiger partial charge in [0, 0.05) is 24.3 Å². The van der Waals surface area contributed by atoms with Crippen LogP contribution in [0.25, 0.3) is 0 Å². The number of aliphatic hydroxyl groups excluding tert-OH is 1. The van der Waals surface area contributed by atoms with Gasteiger partial charge in [-0.2, -0.15) is 35.1 Å². The van der Waals surface area contributed by atoms with E-state index in [-0.39, 0.29) is 38.2 Å². The summed E-state index contributed by atoms with van der Waals surface area (Å²) in [4.78, 5) is 23.4. The lowest BCUT2D eigenvalue weighted by Gasteiger charge is -2.37. The highest BCUT2D eigenvalue weighted by Gasteiger charge is 2.79. The van der Waals surface area contributed by atoms with Crippen molar-refractivity contribution in [3.05, 3.63) is 12.2 Å². The predicted molar refractivity (Wildman–Crippen MR) is 125 cm³/mol. The van der Waals surface area contributed by atoms with Crippen molar-refractivity contribution in [2.45, 2.75) is 95.3 Å². The fourth-order valence-corrected chi connectivity index (χ4v) is 3.25. The van der Waals surface area contributed by atoms with Gasteiger partial charge in [0.05, 0.1) is 39.5 Å². The molecule has 0 aromatic carbocycles. The minimum atomic E-state index is -6.41. The number of hydrogen-bond donors (Lipinski definition) is 1. The van der Waals surface area contributed by atoms with Crippen LogP contribution in [0.4, 0.5) is 35.1 Å². The molecule has 0 heterocycles. The van der Waals surface area contributed by atoms with E-state index in [2.05, 4.69) is 6.58 Å². The lowest BCUT2D eigenvalue weighted by Crippen LogP contribution is -2.62. The van der Waals surface area contributed by atoms with Crippen molar-refractivity contribution in [3.63, 3.8) is 0 Å². The molecule has 0 aliphatic carbocycles. The molecule has 1 unspecified atom stereocenters. The van der Waals surface area contributed by atoms with Crippen LogP contribution in [0.3, 0.4) is 0 Å². The van der Waals surface area contributed by atoms with Crippen molar-refractivity contribution in [2.24, 2.45) is 5.92 Å². The SMILES string of the molecule is C=C(C)C(=O)OCC(CCC(F)(F)C(F)(F)C(F)(F)C(F)(F)CCCCCCC)COC(=O)CCOCCO. The molecule has 0 saturated heterocycles. The smallest absolute Gasteiger partial charge is 0.378 e. The molecule has 0 saturated carbocycles. The molecule has 230 valence electrons. The summed E-state index contributed by atoms with van der Waals surface area (Å²) < 4.78 is 128. The molecule has 0 amide bonds. The third-order valence-corrected chi connectivity index (χ3v) is 5.74. The van der Waals surface area contributed by atoms with Gasteiger partial charge in [-0.25, -0.2) is 4.79 Å². The number of carbonyl (C=O) groups is 2. The van der Waals surface area contributed by atoms with Gasteiger partial charge in [-0.1, -0.05) is 39.2 Å². The monoisotopic (exact) mass is 586 g/mol. The van der Waals surface area contributed by atoms with Gasteiger partial charge in [0.25, 0.3) is 0 Å². The molecule has 0 fully saturated rings. The van der Waals surface area contributed by atoms with Crippen LogP contribution in [-0.2, 0) is 23.8 Å². The molecule has 6 nitrogen and oxygen atoms in total. The minimum absolute atomic E-state index is 0.0539. The molecule has 0 bridgehead atoms. The van der Waals surface area contributed by atoms with Crippen LogP contribution in [-0.4, -0.2) is 73.8 Å². The van der Waals surface area contributed by atoms with Crippen LogP contribution in [0.1, 0.15) is 71.6 Å². The van der Waals surface area contributed by atoms with E-state index in [4.69, 9.17) is 19.3 Å². The van der Waals surface area contributed by atoms with Gasteiger partial charge in [-0.15, -0.1) is 0 Å². The summed E-state index contributed by atoms with van der Waals surface area (Å²) in [6, 6.07) is 0. The van der Waals surface area contributed by atoms with Crippen LogP contribution in [0.15, 0.2) is 12.2 Å². The zero-order valence-corrected chi connectivity index (χ0v) is 22.2. The van der Waals surface area contributed by atoms with Crippen molar-refractivity contribution >= 4 is 11.9 Å². The Morgan fingerprint density at radius 2 is 1.36 bits per heavy atom. The van der Waals surface area contributed by atoms with E-state index in [9.17, 15) is 44.7 Å². The predicted octanol–water partition coefficient (Wildman–Crippen LogP) is 6.35. The Bertz CT molecular complexity index is 761. The molecule has 1 N–H and O–H groups in total. The van der Waals surface area contributed by atoms with E-state index in [1.807, 2.05) is 0 Å². The number of aliphatic hydroxyl groups is 1. The van der Waals surface area contributed by atoms with Crippen LogP contribution in [0.5, 0.6) is 0 Å². The van der Waals surface area contributed by atoms with Gasteiger partial charge in [0.1, 0.15) is 0 Å². The third kappa shape index (κ3) is 12.0. The molecule has 0 rings (SSSR count). The molecule has 0 aliphatic rings. The Labute approximate surface area is 223 Å². The van der Waals surface area contributed by atoms with Crippen molar-refractivity contribution in [1.82, 2.24) is 0 Å². The molecule has 14 heteroatoms. The number of halogens is 8. The zero-order chi connectivity index (χ0) is 30.3. The zero-order valence-electron chi connectivity index (χ0n) is 22.2. The van der Waals surface area contributed by atoms with Gasteiger partial charge in [-0.3, -0.25) is 4.79 Å². The van der Waals surface area contributed by atoms with E-state index < -0.39 is 80.4 Å². The van der Waals surface area contributed by atoms with Crippen molar-refractivity contribution in [2.75, 3.05) is 33.0 Å². The van der Waals surface area contributed by atoms with Gasteiger partial charge < -0.3 is 19.3 Å². The second kappa shape index (κ2) is 17.0. The molecule has 0 radical (unpaired) electrons. The summed E-state index contributed by atoms with van der Waals surface area (Å²) in [5.74, 6) is -27.0. The molecule has 0 aromatic heterocycles. The second-order valence-electron chi connectivity index (χ2n) is 9.27. The van der Waals surface area contributed by atoms with Gasteiger partial charge in [0.15, 0.2) is 0 Å². The maximum Gasteiger partial charge on any atom is 0.378 e. The van der Waals surface area contributed by atoms with E-state index in [1.165, 1.54) is 6.92 Å². The van der Waals surface area contributed by atoms with Crippen molar-refractivity contribution in [3.8, 4) is 0 Å². The first-order valence-corrected chi connectivity index (χ1v) is 12.6.